The van der Waals surface area contributed by atoms with Gasteiger partial charge < -0.3 is 4.42 Å². The molecule has 0 bridgehead atoms. The molecular formula is C9H12BrNO3. The first-order chi connectivity index (χ1) is 6.65. The molecule has 4 nitrogen and oxygen atoms in total. The average molecular weight is 262 g/mol. The average Bonchev–Trinajstić information content (AvgIpc) is 2.09. The van der Waals surface area contributed by atoms with E-state index in [-0.39, 0.29) is 5.56 Å². The molecule has 0 radical (unpaired) electrons. The minimum atomic E-state index is -0.565. The topological polar surface area (TPSA) is 52.2 Å². The van der Waals surface area contributed by atoms with Crippen LogP contribution in [0.2, 0.25) is 0 Å². The van der Waals surface area contributed by atoms with Crippen molar-refractivity contribution in [3.63, 3.8) is 0 Å². The fourth-order valence-electron chi connectivity index (χ4n) is 1.13. The molecule has 0 aromatic carbocycles. The Bertz CT molecular complexity index is 376. The second-order valence-electron chi connectivity index (χ2n) is 3.01. The third-order valence-corrected chi connectivity index (χ3v) is 2.39. The van der Waals surface area contributed by atoms with Gasteiger partial charge in [-0.25, -0.2) is 9.36 Å². The predicted octanol–water partition coefficient (Wildman–Crippen LogP) is 1.29. The van der Waals surface area contributed by atoms with Crippen LogP contribution in [-0.2, 0) is 6.54 Å². The Kier molecular flexibility index (Phi) is 4.13. The highest BCUT2D eigenvalue weighted by Crippen LogP contribution is 1.95. The molecule has 0 aliphatic heterocycles. The van der Waals surface area contributed by atoms with Gasteiger partial charge in [0.05, 0.1) is 0 Å². The van der Waals surface area contributed by atoms with E-state index in [0.717, 1.165) is 22.7 Å². The second-order valence-corrected chi connectivity index (χ2v) is 3.80. The molecule has 0 unspecified atom stereocenters. The standard InChI is InChI=1S/C9H12BrNO3/c1-7-6-8(12)11(9(13)14-7)5-3-2-4-10/h6H,2-5H2,1H3. The number of unbranched alkanes of at least 4 members (excludes halogenated alkanes) is 1. The van der Waals surface area contributed by atoms with Crippen LogP contribution in [0.15, 0.2) is 20.1 Å². The summed E-state index contributed by atoms with van der Waals surface area (Å²) < 4.78 is 5.94. The van der Waals surface area contributed by atoms with Crippen molar-refractivity contribution in [1.29, 1.82) is 0 Å². The Labute approximate surface area is 89.7 Å². The lowest BCUT2D eigenvalue weighted by Gasteiger charge is -2.01. The summed E-state index contributed by atoms with van der Waals surface area (Å²) in [5.74, 6) is -0.207. The van der Waals surface area contributed by atoms with Crippen molar-refractivity contribution in [2.45, 2.75) is 26.3 Å². The Balaban J connectivity index is 2.87. The number of alkyl halides is 1. The van der Waals surface area contributed by atoms with Crippen LogP contribution in [0.25, 0.3) is 0 Å². The molecule has 1 aromatic rings. The van der Waals surface area contributed by atoms with Gasteiger partial charge in [0, 0.05) is 17.9 Å². The third-order valence-electron chi connectivity index (χ3n) is 1.83. The summed E-state index contributed by atoms with van der Waals surface area (Å²) in [4.78, 5) is 22.6. The molecule has 0 fully saturated rings. The summed E-state index contributed by atoms with van der Waals surface area (Å²) in [6.45, 7) is 2.01. The predicted molar refractivity (Wildman–Crippen MR) is 57.0 cm³/mol. The zero-order chi connectivity index (χ0) is 10.6. The third kappa shape index (κ3) is 2.83. The first-order valence-corrected chi connectivity index (χ1v) is 5.55. The lowest BCUT2D eigenvalue weighted by atomic mass is 10.3. The molecule has 0 aliphatic rings. The van der Waals surface area contributed by atoms with Gasteiger partial charge in [-0.2, -0.15) is 0 Å². The summed E-state index contributed by atoms with van der Waals surface area (Å²) in [6.07, 6.45) is 1.72. The molecule has 1 rings (SSSR count). The van der Waals surface area contributed by atoms with Gasteiger partial charge in [-0.1, -0.05) is 15.9 Å². The summed E-state index contributed by atoms with van der Waals surface area (Å²) in [6, 6.07) is 1.33. The molecule has 0 aliphatic carbocycles. The van der Waals surface area contributed by atoms with E-state index < -0.39 is 5.76 Å². The number of hydrogen-bond donors (Lipinski definition) is 0. The number of hydrogen-bond acceptors (Lipinski definition) is 3. The van der Waals surface area contributed by atoms with Gasteiger partial charge in [0.25, 0.3) is 5.56 Å². The Morgan fingerprint density at radius 2 is 2.14 bits per heavy atom. The summed E-state index contributed by atoms with van der Waals surface area (Å²) in [7, 11) is 0. The fraction of sp³-hybridized carbons (Fsp3) is 0.556. The van der Waals surface area contributed by atoms with Gasteiger partial charge in [0.15, 0.2) is 0 Å². The Morgan fingerprint density at radius 3 is 2.71 bits per heavy atom. The van der Waals surface area contributed by atoms with Gasteiger partial charge in [-0.05, 0) is 19.8 Å². The maximum Gasteiger partial charge on any atom is 0.421 e. The van der Waals surface area contributed by atoms with Crippen molar-refractivity contribution < 1.29 is 4.42 Å². The van der Waals surface area contributed by atoms with Crippen molar-refractivity contribution in [3.8, 4) is 0 Å². The van der Waals surface area contributed by atoms with Crippen molar-refractivity contribution in [3.05, 3.63) is 32.7 Å². The number of aryl methyl sites for hydroxylation is 1. The van der Waals surface area contributed by atoms with Gasteiger partial charge >= 0.3 is 5.76 Å². The highest BCUT2D eigenvalue weighted by molar-refractivity contribution is 9.09. The quantitative estimate of drug-likeness (QED) is 0.606. The Hall–Kier alpha value is -0.840. The van der Waals surface area contributed by atoms with Crippen LogP contribution < -0.4 is 11.3 Å². The van der Waals surface area contributed by atoms with E-state index in [4.69, 9.17) is 4.42 Å². The lowest BCUT2D eigenvalue weighted by molar-refractivity contribution is 0.394. The Morgan fingerprint density at radius 1 is 1.43 bits per heavy atom. The van der Waals surface area contributed by atoms with E-state index in [1.807, 2.05) is 0 Å². The monoisotopic (exact) mass is 261 g/mol. The molecule has 78 valence electrons. The van der Waals surface area contributed by atoms with Crippen molar-refractivity contribution in [2.75, 3.05) is 5.33 Å². The molecule has 0 saturated carbocycles. The SMILES string of the molecule is Cc1cc(=O)n(CCCCBr)c(=O)o1. The van der Waals surface area contributed by atoms with Gasteiger partial charge in [-0.15, -0.1) is 0 Å². The number of nitrogens with zero attached hydrogens (tertiary/aromatic N) is 1. The van der Waals surface area contributed by atoms with Crippen LogP contribution in [0.5, 0.6) is 0 Å². The van der Waals surface area contributed by atoms with E-state index in [1.54, 1.807) is 6.92 Å². The summed E-state index contributed by atoms with van der Waals surface area (Å²) in [5, 5.41) is 0.874. The van der Waals surface area contributed by atoms with E-state index >= 15 is 0 Å². The first-order valence-electron chi connectivity index (χ1n) is 4.42. The van der Waals surface area contributed by atoms with Crippen LogP contribution in [0.1, 0.15) is 18.6 Å². The van der Waals surface area contributed by atoms with E-state index in [2.05, 4.69) is 15.9 Å². The lowest BCUT2D eigenvalue weighted by Crippen LogP contribution is -2.32. The molecule has 14 heavy (non-hydrogen) atoms. The summed E-state index contributed by atoms with van der Waals surface area (Å²) >= 11 is 3.28. The molecule has 0 atom stereocenters. The highest BCUT2D eigenvalue weighted by Gasteiger charge is 2.03. The first kappa shape index (κ1) is 11.2. The number of rotatable bonds is 4. The highest BCUT2D eigenvalue weighted by atomic mass is 79.9. The molecule has 1 heterocycles. The number of halogens is 1. The maximum absolute atomic E-state index is 11.3. The van der Waals surface area contributed by atoms with Crippen LogP contribution in [-0.4, -0.2) is 9.90 Å². The van der Waals surface area contributed by atoms with E-state index in [1.165, 1.54) is 6.07 Å². The van der Waals surface area contributed by atoms with Gasteiger partial charge in [-0.3, -0.25) is 4.79 Å². The zero-order valence-corrected chi connectivity index (χ0v) is 9.54. The smallest absolute Gasteiger partial charge is 0.415 e. The minimum absolute atomic E-state index is 0.284. The van der Waals surface area contributed by atoms with Crippen molar-refractivity contribution >= 4 is 15.9 Å². The zero-order valence-electron chi connectivity index (χ0n) is 7.96. The molecule has 0 spiro atoms. The molecule has 1 aromatic heterocycles. The molecule has 5 heteroatoms. The van der Waals surface area contributed by atoms with Crippen LogP contribution >= 0.6 is 15.9 Å². The second kappa shape index (κ2) is 5.14. The van der Waals surface area contributed by atoms with Crippen LogP contribution in [0, 0.1) is 6.92 Å². The number of aromatic nitrogens is 1. The van der Waals surface area contributed by atoms with Gasteiger partial charge in [0.2, 0.25) is 0 Å². The van der Waals surface area contributed by atoms with Crippen molar-refractivity contribution in [1.82, 2.24) is 4.57 Å². The van der Waals surface area contributed by atoms with E-state index in [0.29, 0.717) is 12.3 Å². The molecular weight excluding hydrogens is 250 g/mol. The molecule has 0 amide bonds. The fourth-order valence-corrected chi connectivity index (χ4v) is 1.53. The molecule has 0 N–H and O–H groups in total. The maximum atomic E-state index is 11.3. The van der Waals surface area contributed by atoms with Crippen molar-refractivity contribution in [2.24, 2.45) is 0 Å². The van der Waals surface area contributed by atoms with Gasteiger partial charge in [0.1, 0.15) is 5.76 Å². The van der Waals surface area contributed by atoms with E-state index in [9.17, 15) is 9.59 Å². The molecule has 0 saturated heterocycles. The van der Waals surface area contributed by atoms with Crippen LogP contribution in [0.4, 0.5) is 0 Å². The normalized spacial score (nSPS) is 10.4. The summed E-state index contributed by atoms with van der Waals surface area (Å²) in [5.41, 5.74) is -0.284. The minimum Gasteiger partial charge on any atom is -0.415 e. The largest absolute Gasteiger partial charge is 0.421 e. The van der Waals surface area contributed by atoms with Crippen LogP contribution in [0.3, 0.4) is 0 Å².